The summed E-state index contributed by atoms with van der Waals surface area (Å²) in [6.07, 6.45) is 0. The Balaban J connectivity index is 1.12. The second-order valence-corrected chi connectivity index (χ2v) is 15.6. The Morgan fingerprint density at radius 3 is 1.40 bits per heavy atom. The normalized spacial score (nSPS) is 13.1. The Hall–Kier alpha value is -8.20. The zero-order valence-corrected chi connectivity index (χ0v) is 33.4. The van der Waals surface area contributed by atoms with Crippen molar-refractivity contribution >= 4 is 43.6 Å². The number of hydrogen-bond donors (Lipinski definition) is 0. The number of hydrogen-bond acceptors (Lipinski definition) is 0. The van der Waals surface area contributed by atoms with Gasteiger partial charge < -0.3 is 9.13 Å². The van der Waals surface area contributed by atoms with Crippen LogP contribution < -0.4 is 0 Å². The van der Waals surface area contributed by atoms with E-state index in [9.17, 15) is 6.85 Å². The van der Waals surface area contributed by atoms with Gasteiger partial charge in [-0.15, -0.1) is 0 Å². The van der Waals surface area contributed by atoms with Crippen LogP contribution in [0.2, 0.25) is 0 Å². The number of aromatic nitrogens is 2. The fraction of sp³-hybridized carbons (Fsp3) is 0. The summed E-state index contributed by atoms with van der Waals surface area (Å²) >= 11 is 0. The first-order valence-corrected chi connectivity index (χ1v) is 20.8. The minimum absolute atomic E-state index is 0.0896. The quantitative estimate of drug-likeness (QED) is 0.152. The Kier molecular flexibility index (Phi) is 6.95. The largest absolute Gasteiger partial charge is 0.309 e. The second kappa shape index (κ2) is 14.8. The SMILES string of the molecule is [2H]c1c([2H])c([2H])c2c(c1[2H])c1c([2H])c(-c3ccc4c(c3)c3ccc(-c5ccccc5)cc3n4-c3ccc(-c4ccccc4)cc3)c([2H])c([2H])c1n2-c1cc(-c2ccccc2)cc(-c2ccccc2)c1. The number of para-hydroxylation sites is 1. The van der Waals surface area contributed by atoms with Gasteiger partial charge in [0.2, 0.25) is 0 Å². The van der Waals surface area contributed by atoms with Gasteiger partial charge in [-0.05, 0) is 122 Å². The van der Waals surface area contributed by atoms with Crippen LogP contribution in [0.15, 0.2) is 242 Å². The van der Waals surface area contributed by atoms with Gasteiger partial charge in [-0.1, -0.05) is 176 Å². The molecule has 0 amide bonds. The van der Waals surface area contributed by atoms with Gasteiger partial charge in [-0.2, -0.15) is 0 Å². The van der Waals surface area contributed by atoms with Gasteiger partial charge >= 0.3 is 0 Å². The van der Waals surface area contributed by atoms with Crippen molar-refractivity contribution < 1.29 is 9.60 Å². The molecule has 0 saturated carbocycles. The highest BCUT2D eigenvalue weighted by Crippen LogP contribution is 2.41. The van der Waals surface area contributed by atoms with Crippen LogP contribution in [0, 0.1) is 0 Å². The lowest BCUT2D eigenvalue weighted by Crippen LogP contribution is -1.96. The maximum absolute atomic E-state index is 10.1. The van der Waals surface area contributed by atoms with Gasteiger partial charge in [0.25, 0.3) is 0 Å². The second-order valence-electron chi connectivity index (χ2n) is 15.6. The predicted octanol–water partition coefficient (Wildman–Crippen LogP) is 16.2. The van der Waals surface area contributed by atoms with E-state index in [4.69, 9.17) is 2.74 Å². The molecule has 0 aliphatic heterocycles. The molecule has 2 heterocycles. The Morgan fingerprint density at radius 1 is 0.258 bits per heavy atom. The summed E-state index contributed by atoms with van der Waals surface area (Å²) in [7, 11) is 0. The summed E-state index contributed by atoms with van der Waals surface area (Å²) in [5.74, 6) is 0. The molecule has 2 nitrogen and oxygen atoms in total. The van der Waals surface area contributed by atoms with Gasteiger partial charge in [0.05, 0.1) is 31.7 Å². The summed E-state index contributed by atoms with van der Waals surface area (Å²) in [4.78, 5) is 0. The minimum atomic E-state index is -0.433. The first-order valence-electron chi connectivity index (χ1n) is 24.3. The van der Waals surface area contributed by atoms with Crippen molar-refractivity contribution in [1.82, 2.24) is 9.13 Å². The Morgan fingerprint density at radius 2 is 0.758 bits per heavy atom. The van der Waals surface area contributed by atoms with Crippen LogP contribution >= 0.6 is 0 Å². The molecule has 12 rings (SSSR count). The standard InChI is InChI=1S/C60H40N2/c1-5-15-41(16-6-1)45-25-30-51(31-26-45)61-58-33-28-47(39-56(58)54-32-27-48(40-60(54)61)42-17-7-2-8-18-42)46-29-34-59-55(38-46)53-23-13-14-24-57(53)62(59)52-36-49(43-19-9-3-10-20-43)35-50(37-52)44-21-11-4-12-22-44/h1-40H/i13D,14D,23D,24D,29D,34D,38D. The van der Waals surface area contributed by atoms with Crippen molar-refractivity contribution in [2.24, 2.45) is 0 Å². The van der Waals surface area contributed by atoms with Crippen LogP contribution in [-0.4, -0.2) is 9.13 Å². The van der Waals surface area contributed by atoms with Crippen molar-refractivity contribution in [2.75, 3.05) is 0 Å². The average molecular weight is 796 g/mol. The molecule has 2 aromatic heterocycles. The Bertz CT molecular complexity index is 3940. The maximum Gasteiger partial charge on any atom is 0.0645 e. The Labute approximate surface area is 370 Å². The van der Waals surface area contributed by atoms with Gasteiger partial charge in [0.15, 0.2) is 0 Å². The lowest BCUT2D eigenvalue weighted by Gasteiger charge is -2.14. The summed E-state index contributed by atoms with van der Waals surface area (Å²) in [5.41, 5.74) is 12.5. The molecule has 0 saturated heterocycles. The molecule has 290 valence electrons. The van der Waals surface area contributed by atoms with E-state index in [-0.39, 0.29) is 57.6 Å². The molecule has 0 bridgehead atoms. The third kappa shape index (κ3) is 6.12. The van der Waals surface area contributed by atoms with Crippen LogP contribution in [0.4, 0.5) is 0 Å². The fourth-order valence-electron chi connectivity index (χ4n) is 8.95. The molecule has 0 unspecified atom stereocenters. The molecule has 0 aliphatic rings. The maximum atomic E-state index is 10.1. The number of nitrogens with zero attached hydrogens (tertiary/aromatic N) is 2. The van der Waals surface area contributed by atoms with Gasteiger partial charge in [0, 0.05) is 32.9 Å². The highest BCUT2D eigenvalue weighted by molar-refractivity contribution is 6.13. The summed E-state index contributed by atoms with van der Waals surface area (Å²) in [5, 5.41) is 2.19. The summed E-state index contributed by atoms with van der Waals surface area (Å²) in [6.45, 7) is 0. The molecule has 0 N–H and O–H groups in total. The average Bonchev–Trinajstić information content (AvgIpc) is 3.94. The van der Waals surface area contributed by atoms with E-state index in [0.29, 0.717) is 11.3 Å². The topological polar surface area (TPSA) is 9.86 Å². The molecule has 0 aliphatic carbocycles. The van der Waals surface area contributed by atoms with Crippen LogP contribution in [-0.2, 0) is 0 Å². The van der Waals surface area contributed by atoms with Gasteiger partial charge in [0.1, 0.15) is 0 Å². The summed E-state index contributed by atoms with van der Waals surface area (Å²) < 4.78 is 70.1. The lowest BCUT2D eigenvalue weighted by atomic mass is 9.98. The van der Waals surface area contributed by atoms with Crippen molar-refractivity contribution in [3.05, 3.63) is 242 Å². The lowest BCUT2D eigenvalue weighted by molar-refractivity contribution is 1.18. The van der Waals surface area contributed by atoms with E-state index >= 15 is 0 Å². The molecule has 12 aromatic rings. The highest BCUT2D eigenvalue weighted by Gasteiger charge is 2.18. The molecule has 0 fully saturated rings. The van der Waals surface area contributed by atoms with Crippen LogP contribution in [0.3, 0.4) is 0 Å². The van der Waals surface area contributed by atoms with E-state index in [1.807, 2.05) is 127 Å². The molecule has 0 radical (unpaired) electrons. The third-order valence-corrected chi connectivity index (χ3v) is 11.9. The zero-order valence-electron chi connectivity index (χ0n) is 40.4. The number of benzene rings is 10. The van der Waals surface area contributed by atoms with Crippen molar-refractivity contribution in [2.45, 2.75) is 0 Å². The van der Waals surface area contributed by atoms with Crippen LogP contribution in [0.1, 0.15) is 9.60 Å². The van der Waals surface area contributed by atoms with E-state index in [2.05, 4.69) is 77.4 Å². The molecule has 0 spiro atoms. The smallest absolute Gasteiger partial charge is 0.0645 e. The first-order chi connectivity index (χ1) is 33.7. The van der Waals surface area contributed by atoms with E-state index in [0.717, 1.165) is 72.0 Å². The molecule has 2 heteroatoms. The highest BCUT2D eigenvalue weighted by atomic mass is 15.0. The third-order valence-electron chi connectivity index (χ3n) is 11.9. The molecule has 0 atom stereocenters. The van der Waals surface area contributed by atoms with E-state index in [1.54, 1.807) is 4.57 Å². The molecular formula is C60H40N2. The van der Waals surface area contributed by atoms with Crippen molar-refractivity contribution in [3.8, 4) is 67.0 Å². The predicted molar refractivity (Wildman–Crippen MR) is 262 cm³/mol. The molecule has 10 aromatic carbocycles. The van der Waals surface area contributed by atoms with Gasteiger partial charge in [-0.3, -0.25) is 0 Å². The number of rotatable bonds is 7. The van der Waals surface area contributed by atoms with Crippen molar-refractivity contribution in [1.29, 1.82) is 0 Å². The molecular weight excluding hydrogens is 749 g/mol. The summed E-state index contributed by atoms with van der Waals surface area (Å²) in [6, 6.07) is 65.3. The van der Waals surface area contributed by atoms with Crippen molar-refractivity contribution in [3.63, 3.8) is 0 Å². The minimum Gasteiger partial charge on any atom is -0.309 e. The van der Waals surface area contributed by atoms with Gasteiger partial charge in [-0.25, -0.2) is 0 Å². The fourth-order valence-corrected chi connectivity index (χ4v) is 8.95. The van der Waals surface area contributed by atoms with Crippen LogP contribution in [0.5, 0.6) is 0 Å². The zero-order chi connectivity index (χ0) is 47.1. The number of fused-ring (bicyclic) bond motifs is 6. The first kappa shape index (κ1) is 29.1. The van der Waals surface area contributed by atoms with E-state index < -0.39 is 12.1 Å². The van der Waals surface area contributed by atoms with Crippen LogP contribution in [0.25, 0.3) is 111 Å². The van der Waals surface area contributed by atoms with E-state index in [1.165, 1.54) is 0 Å². The monoisotopic (exact) mass is 795 g/mol. The molecule has 62 heavy (non-hydrogen) atoms.